The third-order valence-corrected chi connectivity index (χ3v) is 8.62. The molecule has 204 valence electrons. The summed E-state index contributed by atoms with van der Waals surface area (Å²) >= 11 is 0. The summed E-state index contributed by atoms with van der Waals surface area (Å²) in [6.45, 7) is 5.91. The van der Waals surface area contributed by atoms with Crippen molar-refractivity contribution in [1.29, 1.82) is 0 Å². The van der Waals surface area contributed by atoms with Crippen molar-refractivity contribution in [3.63, 3.8) is 0 Å². The second-order valence-electron chi connectivity index (χ2n) is 11.0. The van der Waals surface area contributed by atoms with Crippen LogP contribution in [-0.2, 0) is 11.3 Å². The molecule has 5 rings (SSSR count). The average molecular weight is 525 g/mol. The van der Waals surface area contributed by atoms with Gasteiger partial charge >= 0.3 is 6.09 Å². The van der Waals surface area contributed by atoms with E-state index in [1.807, 2.05) is 72.5 Å². The maximum atomic E-state index is 13.4. The molecule has 1 amide bonds. The van der Waals surface area contributed by atoms with Crippen LogP contribution in [0, 0.1) is 11.8 Å². The van der Waals surface area contributed by atoms with Crippen molar-refractivity contribution in [3.8, 4) is 0 Å². The predicted octanol–water partition coefficient (Wildman–Crippen LogP) is 6.80. The molecule has 1 saturated carbocycles. The van der Waals surface area contributed by atoms with Crippen LogP contribution in [0.5, 0.6) is 0 Å². The minimum absolute atomic E-state index is 0.0649. The lowest BCUT2D eigenvalue weighted by Crippen LogP contribution is -2.48. The number of piperidine rings is 1. The third kappa shape index (κ3) is 6.77. The summed E-state index contributed by atoms with van der Waals surface area (Å²) < 4.78 is 5.64. The van der Waals surface area contributed by atoms with E-state index < -0.39 is 0 Å². The predicted molar refractivity (Wildman–Crippen MR) is 155 cm³/mol. The summed E-state index contributed by atoms with van der Waals surface area (Å²) in [5, 5.41) is 0. The normalized spacial score (nSPS) is 21.9. The summed E-state index contributed by atoms with van der Waals surface area (Å²) in [7, 11) is 0. The average Bonchev–Trinajstić information content (AvgIpc) is 3.42. The van der Waals surface area contributed by atoms with E-state index in [2.05, 4.69) is 35.2 Å². The highest BCUT2D eigenvalue weighted by Crippen LogP contribution is 2.45. The molecule has 1 aliphatic heterocycles. The number of hydrogen-bond acceptors (Lipinski definition) is 4. The largest absolute Gasteiger partial charge is 0.445 e. The summed E-state index contributed by atoms with van der Waals surface area (Å²) in [4.78, 5) is 30.7. The second kappa shape index (κ2) is 13.1. The molecule has 3 aromatic carbocycles. The smallest absolute Gasteiger partial charge is 0.410 e. The number of Topliss-reactive ketones (excluding diaryl/α,β-unsaturated/α-hetero) is 1. The molecule has 3 atom stereocenters. The Morgan fingerprint density at radius 2 is 1.46 bits per heavy atom. The molecule has 0 aromatic heterocycles. The van der Waals surface area contributed by atoms with E-state index in [1.54, 1.807) is 0 Å². The van der Waals surface area contributed by atoms with Gasteiger partial charge in [0, 0.05) is 43.7 Å². The Bertz CT molecular complexity index is 1190. The SMILES string of the molecule is CCN(C(=O)OCc1ccccc1)C1CCN(C[C@H]2CC(C(=O)c3ccccc3)CC2c2ccccc2)CC1. The molecule has 0 spiro atoms. The molecule has 5 heteroatoms. The van der Waals surface area contributed by atoms with Crippen molar-refractivity contribution in [2.45, 2.75) is 51.2 Å². The molecule has 2 aliphatic rings. The summed E-state index contributed by atoms with van der Waals surface area (Å²) in [5.74, 6) is 1.18. The highest BCUT2D eigenvalue weighted by molar-refractivity contribution is 5.98. The fraction of sp³-hybridized carbons (Fsp3) is 0.412. The number of hydrogen-bond donors (Lipinski definition) is 0. The highest BCUT2D eigenvalue weighted by atomic mass is 16.6. The van der Waals surface area contributed by atoms with Crippen LogP contribution in [0.1, 0.15) is 60.0 Å². The van der Waals surface area contributed by atoms with Gasteiger partial charge in [-0.1, -0.05) is 91.0 Å². The zero-order chi connectivity index (χ0) is 27.0. The number of carbonyl (C=O) groups is 2. The first kappa shape index (κ1) is 27.1. The Kier molecular flexibility index (Phi) is 9.10. The molecule has 1 aliphatic carbocycles. The van der Waals surface area contributed by atoms with Crippen molar-refractivity contribution in [2.24, 2.45) is 11.8 Å². The molecule has 5 nitrogen and oxygen atoms in total. The summed E-state index contributed by atoms with van der Waals surface area (Å²) in [6, 6.07) is 30.5. The molecule has 1 saturated heterocycles. The molecular weight excluding hydrogens is 484 g/mol. The fourth-order valence-electron chi connectivity index (χ4n) is 6.57. The van der Waals surface area contributed by atoms with Gasteiger partial charge in [-0.3, -0.25) is 4.79 Å². The Balaban J connectivity index is 1.18. The maximum absolute atomic E-state index is 13.4. The van der Waals surface area contributed by atoms with E-state index in [1.165, 1.54) is 5.56 Å². The quantitative estimate of drug-likeness (QED) is 0.289. The number of likely N-dealkylation sites (tertiary alicyclic amines) is 1. The van der Waals surface area contributed by atoms with Crippen LogP contribution >= 0.6 is 0 Å². The molecule has 0 bridgehead atoms. The second-order valence-corrected chi connectivity index (χ2v) is 11.0. The van der Waals surface area contributed by atoms with Gasteiger partial charge in [0.15, 0.2) is 5.78 Å². The van der Waals surface area contributed by atoms with Gasteiger partial charge in [-0.15, -0.1) is 0 Å². The van der Waals surface area contributed by atoms with Crippen LogP contribution in [0.4, 0.5) is 4.79 Å². The summed E-state index contributed by atoms with van der Waals surface area (Å²) in [5.41, 5.74) is 3.18. The van der Waals surface area contributed by atoms with Crippen LogP contribution in [0.25, 0.3) is 0 Å². The van der Waals surface area contributed by atoms with Gasteiger partial charge in [0.05, 0.1) is 0 Å². The van der Waals surface area contributed by atoms with Gasteiger partial charge in [-0.25, -0.2) is 4.79 Å². The standard InChI is InChI=1S/C34H40N2O3/c1-2-36(34(38)39-25-26-12-6-3-7-13-26)31-18-20-35(21-19-31)24-30-22-29(33(37)28-16-10-5-11-17-28)23-32(30)27-14-8-4-9-15-27/h3-17,29-32H,2,18-25H2,1H3/t29?,30-,32?/m1/s1. The zero-order valence-corrected chi connectivity index (χ0v) is 23.0. The lowest BCUT2D eigenvalue weighted by Gasteiger charge is -2.39. The van der Waals surface area contributed by atoms with Crippen LogP contribution in [0.2, 0.25) is 0 Å². The van der Waals surface area contributed by atoms with Gasteiger partial charge < -0.3 is 14.5 Å². The first-order valence-corrected chi connectivity index (χ1v) is 14.5. The molecule has 2 fully saturated rings. The maximum Gasteiger partial charge on any atom is 0.410 e. The molecule has 1 heterocycles. The van der Waals surface area contributed by atoms with E-state index in [9.17, 15) is 9.59 Å². The zero-order valence-electron chi connectivity index (χ0n) is 23.0. The van der Waals surface area contributed by atoms with Crippen LogP contribution < -0.4 is 0 Å². The first-order chi connectivity index (χ1) is 19.1. The van der Waals surface area contributed by atoms with Crippen molar-refractivity contribution in [3.05, 3.63) is 108 Å². The van der Waals surface area contributed by atoms with Gasteiger partial charge in [0.1, 0.15) is 6.61 Å². The Morgan fingerprint density at radius 1 is 0.846 bits per heavy atom. The lowest BCUT2D eigenvalue weighted by molar-refractivity contribution is 0.0601. The Hall–Kier alpha value is -3.44. The third-order valence-electron chi connectivity index (χ3n) is 8.62. The lowest BCUT2D eigenvalue weighted by atomic mass is 9.88. The van der Waals surface area contributed by atoms with Crippen molar-refractivity contribution in [1.82, 2.24) is 9.80 Å². The minimum Gasteiger partial charge on any atom is -0.445 e. The monoisotopic (exact) mass is 524 g/mol. The number of rotatable bonds is 9. The van der Waals surface area contributed by atoms with E-state index in [0.717, 1.165) is 56.4 Å². The molecule has 0 N–H and O–H groups in total. The van der Waals surface area contributed by atoms with E-state index in [-0.39, 0.29) is 23.8 Å². The van der Waals surface area contributed by atoms with Crippen molar-refractivity contribution >= 4 is 11.9 Å². The molecule has 3 aromatic rings. The number of nitrogens with zero attached hydrogens (tertiary/aromatic N) is 2. The number of benzene rings is 3. The fourth-order valence-corrected chi connectivity index (χ4v) is 6.57. The minimum atomic E-state index is -0.220. The van der Waals surface area contributed by atoms with Gasteiger partial charge in [0.2, 0.25) is 0 Å². The number of carbonyl (C=O) groups excluding carboxylic acids is 2. The van der Waals surface area contributed by atoms with Gasteiger partial charge in [-0.2, -0.15) is 0 Å². The van der Waals surface area contributed by atoms with Crippen molar-refractivity contribution < 1.29 is 14.3 Å². The Morgan fingerprint density at radius 3 is 2.10 bits per heavy atom. The van der Waals surface area contributed by atoms with E-state index in [4.69, 9.17) is 4.74 Å². The number of ether oxygens (including phenoxy) is 1. The van der Waals surface area contributed by atoms with Crippen LogP contribution in [0.3, 0.4) is 0 Å². The molecule has 39 heavy (non-hydrogen) atoms. The van der Waals surface area contributed by atoms with E-state index in [0.29, 0.717) is 25.0 Å². The van der Waals surface area contributed by atoms with Gasteiger partial charge in [-0.05, 0) is 55.6 Å². The molecule has 2 unspecified atom stereocenters. The summed E-state index contributed by atoms with van der Waals surface area (Å²) in [6.07, 6.45) is 3.52. The highest BCUT2D eigenvalue weighted by Gasteiger charge is 2.40. The van der Waals surface area contributed by atoms with E-state index >= 15 is 0 Å². The van der Waals surface area contributed by atoms with Gasteiger partial charge in [0.25, 0.3) is 0 Å². The van der Waals surface area contributed by atoms with Crippen LogP contribution in [0.15, 0.2) is 91.0 Å². The topological polar surface area (TPSA) is 49.9 Å². The molecule has 0 radical (unpaired) electrons. The Labute approximate surface area is 232 Å². The van der Waals surface area contributed by atoms with Crippen molar-refractivity contribution in [2.75, 3.05) is 26.2 Å². The number of amides is 1. The molecular formula is C34H40N2O3. The first-order valence-electron chi connectivity index (χ1n) is 14.5. The van der Waals surface area contributed by atoms with Crippen LogP contribution in [-0.4, -0.2) is 53.9 Å². The number of ketones is 1.